The van der Waals surface area contributed by atoms with Gasteiger partial charge in [-0.3, -0.25) is 0 Å². The summed E-state index contributed by atoms with van der Waals surface area (Å²) in [5.74, 6) is 0. The maximum atomic E-state index is 3.70. The van der Waals surface area contributed by atoms with Gasteiger partial charge >= 0.3 is 0 Å². The number of alkyl halides is 2. The molecule has 4 aliphatic rings. The molecule has 0 fully saturated rings. The van der Waals surface area contributed by atoms with Crippen molar-refractivity contribution in [2.45, 2.75) is 24.5 Å². The maximum absolute atomic E-state index is 3.70. The van der Waals surface area contributed by atoms with Crippen molar-refractivity contribution in [2.75, 3.05) is 0 Å². The molecule has 0 N–H and O–H groups in total. The fourth-order valence-electron chi connectivity index (χ4n) is 5.37. The van der Waals surface area contributed by atoms with Gasteiger partial charge in [0, 0.05) is 21.5 Å². The molecule has 1 aromatic rings. The van der Waals surface area contributed by atoms with E-state index in [1.54, 1.807) is 0 Å². The summed E-state index contributed by atoms with van der Waals surface area (Å²) in [6, 6.07) is 6.60. The molecule has 2 heteroatoms. The molecule has 0 radical (unpaired) electrons. The minimum atomic E-state index is -0.0379. The zero-order valence-corrected chi connectivity index (χ0v) is 19.3. The van der Waals surface area contributed by atoms with Crippen LogP contribution in [0.4, 0.5) is 0 Å². The SMILES string of the molecule is CC12C3=CC=CC1=CC=C1C=C(c4c(CBr)cccc4CBr)C=C(C=C3)C12C. The fourth-order valence-corrected chi connectivity index (χ4v) is 6.30. The van der Waals surface area contributed by atoms with E-state index in [0.29, 0.717) is 0 Å². The summed E-state index contributed by atoms with van der Waals surface area (Å²) in [6.45, 7) is 4.83. The standard InChI is InChI=1S/C26H22Br2/c1-25-20-7-4-8-21(25)10-12-23-14-19(13-22(11-9-20)26(23,25)2)24-17(15-27)5-3-6-18(24)16-28/h3-14H,15-16H2,1-2H3. The van der Waals surface area contributed by atoms with Crippen LogP contribution >= 0.6 is 31.9 Å². The lowest BCUT2D eigenvalue weighted by Crippen LogP contribution is -2.47. The van der Waals surface area contributed by atoms with Crippen molar-refractivity contribution in [2.24, 2.45) is 10.8 Å². The van der Waals surface area contributed by atoms with Crippen LogP contribution < -0.4 is 0 Å². The first-order chi connectivity index (χ1) is 13.5. The molecule has 2 unspecified atom stereocenters. The van der Waals surface area contributed by atoms with Gasteiger partial charge in [0.25, 0.3) is 0 Å². The Bertz CT molecular complexity index is 1080. The summed E-state index contributed by atoms with van der Waals surface area (Å²) in [5, 5.41) is 1.71. The lowest BCUT2D eigenvalue weighted by atomic mass is 9.46. The molecule has 28 heavy (non-hydrogen) atoms. The highest BCUT2D eigenvalue weighted by Gasteiger charge is 2.55. The van der Waals surface area contributed by atoms with Crippen LogP contribution in [-0.2, 0) is 10.7 Å². The zero-order valence-electron chi connectivity index (χ0n) is 16.1. The van der Waals surface area contributed by atoms with Crippen molar-refractivity contribution in [1.29, 1.82) is 0 Å². The highest BCUT2D eigenvalue weighted by molar-refractivity contribution is 9.08. The first-order valence-corrected chi connectivity index (χ1v) is 11.9. The predicted molar refractivity (Wildman–Crippen MR) is 127 cm³/mol. The van der Waals surface area contributed by atoms with E-state index in [4.69, 9.17) is 0 Å². The first-order valence-electron chi connectivity index (χ1n) is 9.71. The molecular weight excluding hydrogens is 472 g/mol. The number of hydrogen-bond acceptors (Lipinski definition) is 0. The Balaban J connectivity index is 1.78. The van der Waals surface area contributed by atoms with E-state index >= 15 is 0 Å². The molecular formula is C26H22Br2. The molecule has 0 spiro atoms. The summed E-state index contributed by atoms with van der Waals surface area (Å²) < 4.78 is 0. The van der Waals surface area contributed by atoms with E-state index in [-0.39, 0.29) is 10.8 Å². The van der Waals surface area contributed by atoms with Gasteiger partial charge in [0.2, 0.25) is 0 Å². The number of halogens is 2. The molecule has 4 aliphatic carbocycles. The van der Waals surface area contributed by atoms with Crippen LogP contribution in [0.1, 0.15) is 30.5 Å². The normalized spacial score (nSPS) is 29.4. The molecule has 5 rings (SSSR count). The van der Waals surface area contributed by atoms with Gasteiger partial charge in [-0.1, -0.05) is 119 Å². The van der Waals surface area contributed by atoms with Crippen LogP contribution in [0.2, 0.25) is 0 Å². The van der Waals surface area contributed by atoms with Crippen LogP contribution in [0.25, 0.3) is 5.57 Å². The topological polar surface area (TPSA) is 0 Å². The molecule has 2 atom stereocenters. The Labute approximate surface area is 184 Å². The van der Waals surface area contributed by atoms with Crippen LogP contribution in [0, 0.1) is 10.8 Å². The number of rotatable bonds is 3. The van der Waals surface area contributed by atoms with Crippen molar-refractivity contribution in [3.8, 4) is 0 Å². The second kappa shape index (κ2) is 6.43. The van der Waals surface area contributed by atoms with Crippen molar-refractivity contribution < 1.29 is 0 Å². The molecule has 0 nitrogen and oxygen atoms in total. The molecule has 0 aromatic heterocycles. The minimum absolute atomic E-state index is 0.0123. The van der Waals surface area contributed by atoms with Gasteiger partial charge in [-0.25, -0.2) is 0 Å². The third kappa shape index (κ3) is 2.22. The molecule has 0 saturated carbocycles. The van der Waals surface area contributed by atoms with Crippen LogP contribution in [0.3, 0.4) is 0 Å². The Hall–Kier alpha value is -1.64. The summed E-state index contributed by atoms with van der Waals surface area (Å²) in [6.07, 6.45) is 20.9. The highest BCUT2D eigenvalue weighted by Crippen LogP contribution is 2.65. The Morgan fingerprint density at radius 1 is 0.714 bits per heavy atom. The van der Waals surface area contributed by atoms with Crippen molar-refractivity contribution in [1.82, 2.24) is 0 Å². The van der Waals surface area contributed by atoms with E-state index < -0.39 is 0 Å². The summed E-state index contributed by atoms with van der Waals surface area (Å²) in [4.78, 5) is 0. The van der Waals surface area contributed by atoms with Gasteiger partial charge in [-0.15, -0.1) is 0 Å². The molecule has 0 heterocycles. The molecule has 0 saturated heterocycles. The second-order valence-corrected chi connectivity index (χ2v) is 9.35. The van der Waals surface area contributed by atoms with Crippen molar-refractivity contribution in [3.63, 3.8) is 0 Å². The second-order valence-electron chi connectivity index (χ2n) is 8.23. The van der Waals surface area contributed by atoms with Crippen LogP contribution in [0.5, 0.6) is 0 Å². The lowest BCUT2D eigenvalue weighted by Gasteiger charge is -2.56. The highest BCUT2D eigenvalue weighted by atomic mass is 79.9. The third-order valence-electron chi connectivity index (χ3n) is 7.18. The average molecular weight is 494 g/mol. The minimum Gasteiger partial charge on any atom is -0.0876 e. The van der Waals surface area contributed by atoms with E-state index in [9.17, 15) is 0 Å². The Kier molecular flexibility index (Phi) is 4.23. The number of hydrogen-bond donors (Lipinski definition) is 0. The van der Waals surface area contributed by atoms with Crippen molar-refractivity contribution in [3.05, 3.63) is 112 Å². The van der Waals surface area contributed by atoms with Crippen molar-refractivity contribution >= 4 is 37.4 Å². The molecule has 140 valence electrons. The maximum Gasteiger partial charge on any atom is 0.0309 e. The third-order valence-corrected chi connectivity index (χ3v) is 8.39. The summed E-state index contributed by atoms with van der Waals surface area (Å²) in [5.41, 5.74) is 10.9. The van der Waals surface area contributed by atoms with E-state index in [0.717, 1.165) is 10.7 Å². The average Bonchev–Trinajstić information content (AvgIpc) is 2.71. The smallest absolute Gasteiger partial charge is 0.0309 e. The Morgan fingerprint density at radius 2 is 1.32 bits per heavy atom. The molecule has 0 amide bonds. The molecule has 0 bridgehead atoms. The fraction of sp³-hybridized carbons (Fsp3) is 0.231. The van der Waals surface area contributed by atoms with Gasteiger partial charge in [0.15, 0.2) is 0 Å². The number of allylic oxidation sites excluding steroid dienone is 14. The van der Waals surface area contributed by atoms with Crippen LogP contribution in [0.15, 0.2) is 95.2 Å². The summed E-state index contributed by atoms with van der Waals surface area (Å²) >= 11 is 7.39. The predicted octanol–water partition coefficient (Wildman–Crippen LogP) is 7.74. The zero-order chi connectivity index (χ0) is 19.5. The number of benzene rings is 1. The van der Waals surface area contributed by atoms with E-state index in [2.05, 4.69) is 119 Å². The monoisotopic (exact) mass is 492 g/mol. The molecule has 0 aliphatic heterocycles. The largest absolute Gasteiger partial charge is 0.0876 e. The first kappa shape index (κ1) is 18.4. The molecule has 1 aromatic carbocycles. The van der Waals surface area contributed by atoms with Gasteiger partial charge in [0.1, 0.15) is 0 Å². The van der Waals surface area contributed by atoms with Gasteiger partial charge in [0.05, 0.1) is 0 Å². The Morgan fingerprint density at radius 3 is 2.04 bits per heavy atom. The van der Waals surface area contributed by atoms with E-state index in [1.165, 1.54) is 44.6 Å². The van der Waals surface area contributed by atoms with Gasteiger partial charge in [-0.2, -0.15) is 0 Å². The van der Waals surface area contributed by atoms with Gasteiger partial charge < -0.3 is 0 Å². The van der Waals surface area contributed by atoms with Gasteiger partial charge in [-0.05, 0) is 44.6 Å². The quantitative estimate of drug-likeness (QED) is 0.377. The van der Waals surface area contributed by atoms with Crippen LogP contribution in [-0.4, -0.2) is 0 Å². The summed E-state index contributed by atoms with van der Waals surface area (Å²) in [7, 11) is 0. The lowest BCUT2D eigenvalue weighted by molar-refractivity contribution is 0.250. The van der Waals surface area contributed by atoms with E-state index in [1.807, 2.05) is 0 Å².